The molecule has 2 atom stereocenters. The Morgan fingerprint density at radius 3 is 2.86 bits per heavy atom. The molecule has 5 rings (SSSR count). The summed E-state index contributed by atoms with van der Waals surface area (Å²) in [6.45, 7) is 2.17. The average molecular weight is 376 g/mol. The third-order valence-corrected chi connectivity index (χ3v) is 5.66. The molecule has 2 fully saturated rings. The molecule has 7 heteroatoms. The lowest BCUT2D eigenvalue weighted by atomic mass is 10.0. The topological polar surface area (TPSA) is 77.3 Å². The first kappa shape index (κ1) is 16.9. The normalized spacial score (nSPS) is 21.1. The second-order valence-corrected chi connectivity index (χ2v) is 7.45. The van der Waals surface area contributed by atoms with Crippen molar-refractivity contribution in [1.82, 2.24) is 19.4 Å². The third kappa shape index (κ3) is 2.93. The second-order valence-electron chi connectivity index (χ2n) is 7.45. The summed E-state index contributed by atoms with van der Waals surface area (Å²) >= 11 is 0. The van der Waals surface area contributed by atoms with Crippen LogP contribution in [0, 0.1) is 11.8 Å². The van der Waals surface area contributed by atoms with E-state index in [1.54, 1.807) is 23.5 Å². The molecule has 0 unspecified atom stereocenters. The van der Waals surface area contributed by atoms with E-state index in [1.807, 2.05) is 22.8 Å². The average Bonchev–Trinajstić information content (AvgIpc) is 3.42. The van der Waals surface area contributed by atoms with Crippen molar-refractivity contribution < 1.29 is 14.3 Å². The van der Waals surface area contributed by atoms with Gasteiger partial charge in [0.25, 0.3) is 5.91 Å². The fourth-order valence-corrected chi connectivity index (χ4v) is 4.08. The van der Waals surface area contributed by atoms with Crippen LogP contribution in [0.4, 0.5) is 0 Å². The van der Waals surface area contributed by atoms with Crippen LogP contribution in [0.25, 0.3) is 11.2 Å². The molecule has 7 nitrogen and oxygen atoms in total. The molecule has 0 N–H and O–H groups in total. The number of aromatic nitrogens is 3. The van der Waals surface area contributed by atoms with Crippen molar-refractivity contribution in [2.45, 2.75) is 13.0 Å². The summed E-state index contributed by atoms with van der Waals surface area (Å²) in [6, 6.07) is 12.1. The van der Waals surface area contributed by atoms with Gasteiger partial charge < -0.3 is 14.2 Å². The zero-order valence-electron chi connectivity index (χ0n) is 15.3. The molecule has 0 bridgehead atoms. The Hall–Kier alpha value is -3.22. The van der Waals surface area contributed by atoms with Gasteiger partial charge in [0.05, 0.1) is 24.4 Å². The molecule has 1 amide bonds. The molecule has 0 saturated carbocycles. The maximum absolute atomic E-state index is 12.8. The van der Waals surface area contributed by atoms with Gasteiger partial charge in [-0.15, -0.1) is 0 Å². The minimum atomic E-state index is -0.189. The molecule has 3 aromatic rings. The van der Waals surface area contributed by atoms with Crippen molar-refractivity contribution in [3.05, 3.63) is 60.0 Å². The third-order valence-electron chi connectivity index (χ3n) is 5.66. The van der Waals surface area contributed by atoms with Crippen LogP contribution in [-0.4, -0.2) is 51.0 Å². The Morgan fingerprint density at radius 1 is 1.18 bits per heavy atom. The van der Waals surface area contributed by atoms with Gasteiger partial charge in [-0.25, -0.2) is 9.97 Å². The van der Waals surface area contributed by atoms with Gasteiger partial charge in [-0.3, -0.25) is 9.59 Å². The number of amides is 1. The summed E-state index contributed by atoms with van der Waals surface area (Å²) in [5.74, 6) is -0.357. The molecule has 142 valence electrons. The van der Waals surface area contributed by atoms with Crippen LogP contribution >= 0.6 is 0 Å². The lowest BCUT2D eigenvalue weighted by Crippen LogP contribution is -2.31. The lowest BCUT2D eigenvalue weighted by molar-refractivity contribution is -0.141. The van der Waals surface area contributed by atoms with Gasteiger partial charge >= 0.3 is 5.97 Å². The summed E-state index contributed by atoms with van der Waals surface area (Å²) in [7, 11) is 0. The summed E-state index contributed by atoms with van der Waals surface area (Å²) in [5.41, 5.74) is 3.25. The highest BCUT2D eigenvalue weighted by atomic mass is 16.5. The number of imidazole rings is 1. The number of rotatable bonds is 4. The Labute approximate surface area is 161 Å². The number of cyclic esters (lactones) is 1. The van der Waals surface area contributed by atoms with Gasteiger partial charge in [-0.1, -0.05) is 30.3 Å². The van der Waals surface area contributed by atoms with Crippen molar-refractivity contribution in [2.75, 3.05) is 19.7 Å². The number of hydrogen-bond donors (Lipinski definition) is 0. The number of ether oxygens (including phenoxy) is 1. The molecule has 2 aliphatic rings. The SMILES string of the molecule is O=C1OC[C@H]2CN(C(=O)c3cnc4c(c3)ncn4CCc3ccccc3)C[C@@H]12. The van der Waals surface area contributed by atoms with Gasteiger partial charge in [-0.05, 0) is 18.1 Å². The summed E-state index contributed by atoms with van der Waals surface area (Å²) in [6.07, 6.45) is 4.27. The number of likely N-dealkylation sites (tertiary alicyclic amines) is 1. The highest BCUT2D eigenvalue weighted by Crippen LogP contribution is 2.31. The Kier molecular flexibility index (Phi) is 4.07. The van der Waals surface area contributed by atoms with Gasteiger partial charge in [-0.2, -0.15) is 0 Å². The highest BCUT2D eigenvalue weighted by molar-refractivity contribution is 5.97. The molecule has 0 aliphatic carbocycles. The molecule has 1 aromatic carbocycles. The van der Waals surface area contributed by atoms with E-state index in [4.69, 9.17) is 4.74 Å². The Morgan fingerprint density at radius 2 is 2.04 bits per heavy atom. The monoisotopic (exact) mass is 376 g/mol. The predicted octanol–water partition coefficient (Wildman–Crippen LogP) is 1.92. The highest BCUT2D eigenvalue weighted by Gasteiger charge is 2.45. The molecule has 2 aliphatic heterocycles. The van der Waals surface area contributed by atoms with Gasteiger partial charge in [0, 0.05) is 31.7 Å². The van der Waals surface area contributed by atoms with Gasteiger partial charge in [0.2, 0.25) is 0 Å². The standard InChI is InChI=1S/C21H20N4O3/c26-20(25-10-16-12-28-21(27)17(16)11-25)15-8-18-19(22-9-15)24(13-23-18)7-6-14-4-2-1-3-5-14/h1-5,8-9,13,16-17H,6-7,10-12H2/t16-,17-/m1/s1. The fraction of sp³-hybridized carbons (Fsp3) is 0.333. The maximum Gasteiger partial charge on any atom is 0.311 e. The Balaban J connectivity index is 1.32. The first-order valence-corrected chi connectivity index (χ1v) is 9.50. The fourth-order valence-electron chi connectivity index (χ4n) is 4.08. The molecular weight excluding hydrogens is 356 g/mol. The number of benzene rings is 1. The summed E-state index contributed by atoms with van der Waals surface area (Å²) in [4.78, 5) is 35.2. The predicted molar refractivity (Wildman–Crippen MR) is 102 cm³/mol. The number of carbonyl (C=O) groups excluding carboxylic acids is 2. The van der Waals surface area contributed by atoms with E-state index in [0.717, 1.165) is 18.6 Å². The van der Waals surface area contributed by atoms with Crippen LogP contribution in [0.1, 0.15) is 15.9 Å². The van der Waals surface area contributed by atoms with Crippen molar-refractivity contribution in [1.29, 1.82) is 0 Å². The lowest BCUT2D eigenvalue weighted by Gasteiger charge is -2.17. The smallest absolute Gasteiger partial charge is 0.311 e. The van der Waals surface area contributed by atoms with Gasteiger partial charge in [0.1, 0.15) is 5.52 Å². The van der Waals surface area contributed by atoms with Crippen LogP contribution in [0.3, 0.4) is 0 Å². The molecule has 4 heterocycles. The molecule has 2 saturated heterocycles. The number of aryl methyl sites for hydroxylation is 2. The number of nitrogens with zero attached hydrogens (tertiary/aromatic N) is 4. The van der Waals surface area contributed by atoms with Crippen LogP contribution < -0.4 is 0 Å². The van der Waals surface area contributed by atoms with Crippen molar-refractivity contribution in [2.24, 2.45) is 11.8 Å². The zero-order chi connectivity index (χ0) is 19.1. The van der Waals surface area contributed by atoms with Crippen LogP contribution in [0.2, 0.25) is 0 Å². The first-order valence-electron chi connectivity index (χ1n) is 9.50. The van der Waals surface area contributed by atoms with E-state index in [0.29, 0.717) is 30.8 Å². The minimum Gasteiger partial charge on any atom is -0.465 e. The largest absolute Gasteiger partial charge is 0.465 e. The second kappa shape index (κ2) is 6.74. The van der Waals surface area contributed by atoms with E-state index in [-0.39, 0.29) is 23.7 Å². The number of esters is 1. The number of hydrogen-bond acceptors (Lipinski definition) is 5. The van der Waals surface area contributed by atoms with Gasteiger partial charge in [0.15, 0.2) is 5.65 Å². The van der Waals surface area contributed by atoms with E-state index >= 15 is 0 Å². The minimum absolute atomic E-state index is 0.101. The van der Waals surface area contributed by atoms with E-state index in [2.05, 4.69) is 22.1 Å². The zero-order valence-corrected chi connectivity index (χ0v) is 15.3. The number of pyridine rings is 1. The molecule has 0 radical (unpaired) electrons. The molecule has 0 spiro atoms. The molecular formula is C21H20N4O3. The van der Waals surface area contributed by atoms with Crippen LogP contribution in [-0.2, 0) is 22.5 Å². The molecule has 28 heavy (non-hydrogen) atoms. The maximum atomic E-state index is 12.8. The van der Waals surface area contributed by atoms with E-state index in [1.165, 1.54) is 5.56 Å². The summed E-state index contributed by atoms with van der Waals surface area (Å²) < 4.78 is 7.07. The quantitative estimate of drug-likeness (QED) is 0.650. The molecule has 2 aromatic heterocycles. The van der Waals surface area contributed by atoms with E-state index in [9.17, 15) is 9.59 Å². The van der Waals surface area contributed by atoms with Crippen LogP contribution in [0.15, 0.2) is 48.9 Å². The van der Waals surface area contributed by atoms with Crippen molar-refractivity contribution in [3.63, 3.8) is 0 Å². The van der Waals surface area contributed by atoms with E-state index < -0.39 is 0 Å². The number of carbonyl (C=O) groups is 2. The summed E-state index contributed by atoms with van der Waals surface area (Å²) in [5, 5.41) is 0. The number of fused-ring (bicyclic) bond motifs is 2. The Bertz CT molecular complexity index is 1050. The van der Waals surface area contributed by atoms with Crippen molar-refractivity contribution in [3.8, 4) is 0 Å². The first-order chi connectivity index (χ1) is 13.7. The van der Waals surface area contributed by atoms with Crippen molar-refractivity contribution >= 4 is 23.0 Å². The van der Waals surface area contributed by atoms with Crippen LogP contribution in [0.5, 0.6) is 0 Å².